The number of thiophene rings is 1. The highest BCUT2D eigenvalue weighted by Gasteiger charge is 2.32. The van der Waals surface area contributed by atoms with Crippen LogP contribution in [-0.4, -0.2) is 12.6 Å². The second-order valence-electron chi connectivity index (χ2n) is 5.18. The zero-order valence-electron chi connectivity index (χ0n) is 9.42. The topological polar surface area (TPSA) is 12.0 Å². The van der Waals surface area contributed by atoms with Gasteiger partial charge in [0.15, 0.2) is 0 Å². The molecule has 2 atom stereocenters. The first-order valence-corrected chi connectivity index (χ1v) is 7.95. The van der Waals surface area contributed by atoms with Crippen molar-refractivity contribution < 1.29 is 0 Å². The largest absolute Gasteiger partial charge is 0.314 e. The molecule has 0 bridgehead atoms. The number of nitrogens with one attached hydrogen (secondary N) is 1. The van der Waals surface area contributed by atoms with Gasteiger partial charge in [-0.1, -0.05) is 0 Å². The average Bonchev–Trinajstić information content (AvgIpc) is 2.97. The Balaban J connectivity index is 1.49. The molecule has 0 aromatic carbocycles. The second kappa shape index (κ2) is 4.79. The van der Waals surface area contributed by atoms with E-state index in [2.05, 4.69) is 32.7 Å². The molecule has 0 saturated heterocycles. The molecule has 2 saturated carbocycles. The van der Waals surface area contributed by atoms with Crippen molar-refractivity contribution >= 4 is 27.3 Å². The smallest absolute Gasteiger partial charge is 0.0314 e. The summed E-state index contributed by atoms with van der Waals surface area (Å²) in [6.45, 7) is 1.26. The molecule has 2 unspecified atom stereocenters. The summed E-state index contributed by atoms with van der Waals surface area (Å²) in [5, 5.41) is 5.86. The minimum absolute atomic E-state index is 0.870. The fraction of sp³-hybridized carbons (Fsp3) is 0.692. The van der Waals surface area contributed by atoms with Gasteiger partial charge in [-0.05, 0) is 77.9 Å². The zero-order valence-corrected chi connectivity index (χ0v) is 11.8. The van der Waals surface area contributed by atoms with E-state index < -0.39 is 0 Å². The van der Waals surface area contributed by atoms with E-state index in [1.165, 1.54) is 43.1 Å². The minimum atomic E-state index is 0.870. The zero-order chi connectivity index (χ0) is 11.0. The van der Waals surface area contributed by atoms with Gasteiger partial charge in [-0.3, -0.25) is 0 Å². The van der Waals surface area contributed by atoms with Gasteiger partial charge in [0.1, 0.15) is 0 Å². The molecule has 1 nitrogen and oxygen atoms in total. The maximum atomic E-state index is 3.67. The molecule has 3 heteroatoms. The number of hydrogen-bond acceptors (Lipinski definition) is 2. The Morgan fingerprint density at radius 2 is 2.06 bits per heavy atom. The Labute approximate surface area is 110 Å². The molecule has 0 radical (unpaired) electrons. The predicted molar refractivity (Wildman–Crippen MR) is 73.0 cm³/mol. The molecule has 2 fully saturated rings. The molecule has 16 heavy (non-hydrogen) atoms. The van der Waals surface area contributed by atoms with E-state index >= 15 is 0 Å². The van der Waals surface area contributed by atoms with Gasteiger partial charge in [0.25, 0.3) is 0 Å². The van der Waals surface area contributed by atoms with E-state index in [0.717, 1.165) is 17.9 Å². The van der Waals surface area contributed by atoms with Crippen LogP contribution in [0.1, 0.15) is 30.6 Å². The highest BCUT2D eigenvalue weighted by molar-refractivity contribution is 9.10. The molecule has 2 aliphatic carbocycles. The lowest BCUT2D eigenvalue weighted by atomic mass is 9.71. The number of rotatable bonds is 5. The number of halogens is 1. The van der Waals surface area contributed by atoms with Crippen LogP contribution in [0, 0.1) is 11.8 Å². The summed E-state index contributed by atoms with van der Waals surface area (Å²) in [5.41, 5.74) is 0. The maximum absolute atomic E-state index is 3.67. The number of hydrogen-bond donors (Lipinski definition) is 1. The van der Waals surface area contributed by atoms with Crippen LogP contribution in [0.3, 0.4) is 0 Å². The van der Waals surface area contributed by atoms with Gasteiger partial charge in [-0.25, -0.2) is 0 Å². The quantitative estimate of drug-likeness (QED) is 0.871. The first kappa shape index (κ1) is 11.2. The molecule has 1 aromatic rings. The lowest BCUT2D eigenvalue weighted by Crippen LogP contribution is -2.37. The molecule has 88 valence electrons. The highest BCUT2D eigenvalue weighted by atomic mass is 79.9. The Hall–Kier alpha value is 0.140. The van der Waals surface area contributed by atoms with Gasteiger partial charge < -0.3 is 5.32 Å². The molecule has 1 heterocycles. The minimum Gasteiger partial charge on any atom is -0.314 e. The summed E-state index contributed by atoms with van der Waals surface area (Å²) in [5.74, 6) is 1.87. The molecule has 0 amide bonds. The normalized spacial score (nSPS) is 29.1. The van der Waals surface area contributed by atoms with Crippen LogP contribution in [0.5, 0.6) is 0 Å². The van der Waals surface area contributed by atoms with Crippen LogP contribution in [0.25, 0.3) is 0 Å². The van der Waals surface area contributed by atoms with Crippen molar-refractivity contribution in [3.8, 4) is 0 Å². The third kappa shape index (κ3) is 2.52. The van der Waals surface area contributed by atoms with Gasteiger partial charge in [-0.2, -0.15) is 0 Å². The fourth-order valence-electron chi connectivity index (χ4n) is 2.49. The second-order valence-corrected chi connectivity index (χ2v) is 7.03. The summed E-state index contributed by atoms with van der Waals surface area (Å²) in [6, 6.07) is 3.05. The molecule has 1 N–H and O–H groups in total. The van der Waals surface area contributed by atoms with Crippen molar-refractivity contribution in [2.75, 3.05) is 6.54 Å². The van der Waals surface area contributed by atoms with E-state index in [9.17, 15) is 0 Å². The summed E-state index contributed by atoms with van der Waals surface area (Å²) in [7, 11) is 0. The molecular formula is C13H18BrNS. The molecule has 0 spiro atoms. The van der Waals surface area contributed by atoms with Gasteiger partial charge in [-0.15, -0.1) is 11.3 Å². The molecular weight excluding hydrogens is 282 g/mol. The fourth-order valence-corrected chi connectivity index (χ4v) is 4.10. The van der Waals surface area contributed by atoms with Crippen molar-refractivity contribution in [1.29, 1.82) is 0 Å². The standard InChI is InChI=1S/C13H18BrNS/c14-12-5-6-16-13(12)7-9-1-2-10(9)8-15-11-3-4-11/h5-6,9-11,15H,1-4,7-8H2. The Morgan fingerprint density at radius 3 is 2.62 bits per heavy atom. The summed E-state index contributed by atoms with van der Waals surface area (Å²) in [6.07, 6.45) is 6.98. The van der Waals surface area contributed by atoms with Crippen LogP contribution in [-0.2, 0) is 6.42 Å². The third-order valence-electron chi connectivity index (χ3n) is 3.96. The van der Waals surface area contributed by atoms with Crippen LogP contribution in [0.2, 0.25) is 0 Å². The molecule has 3 rings (SSSR count). The van der Waals surface area contributed by atoms with Gasteiger partial charge >= 0.3 is 0 Å². The monoisotopic (exact) mass is 299 g/mol. The van der Waals surface area contributed by atoms with Crippen LogP contribution in [0.4, 0.5) is 0 Å². The first-order valence-electron chi connectivity index (χ1n) is 6.28. The highest BCUT2D eigenvalue weighted by Crippen LogP contribution is 2.39. The van der Waals surface area contributed by atoms with E-state index in [4.69, 9.17) is 0 Å². The van der Waals surface area contributed by atoms with Gasteiger partial charge in [0, 0.05) is 15.4 Å². The lowest BCUT2D eigenvalue weighted by Gasteiger charge is -2.37. The van der Waals surface area contributed by atoms with Crippen molar-refractivity contribution in [2.24, 2.45) is 11.8 Å². The molecule has 1 aromatic heterocycles. The predicted octanol–water partition coefficient (Wildman–Crippen LogP) is 3.83. The average molecular weight is 300 g/mol. The summed E-state index contributed by atoms with van der Waals surface area (Å²) < 4.78 is 1.32. The summed E-state index contributed by atoms with van der Waals surface area (Å²) in [4.78, 5) is 1.54. The van der Waals surface area contributed by atoms with Gasteiger partial charge in [0.2, 0.25) is 0 Å². The van der Waals surface area contributed by atoms with Crippen LogP contribution >= 0.6 is 27.3 Å². The third-order valence-corrected chi connectivity index (χ3v) is 5.91. The van der Waals surface area contributed by atoms with Crippen molar-refractivity contribution in [1.82, 2.24) is 5.32 Å². The Kier molecular flexibility index (Phi) is 3.37. The Morgan fingerprint density at radius 1 is 1.25 bits per heavy atom. The van der Waals surface area contributed by atoms with Gasteiger partial charge in [0.05, 0.1) is 0 Å². The van der Waals surface area contributed by atoms with Crippen molar-refractivity contribution in [3.63, 3.8) is 0 Å². The first-order chi connectivity index (χ1) is 7.83. The lowest BCUT2D eigenvalue weighted by molar-refractivity contribution is 0.171. The van der Waals surface area contributed by atoms with E-state index in [0.29, 0.717) is 0 Å². The van der Waals surface area contributed by atoms with E-state index in [1.54, 1.807) is 4.88 Å². The van der Waals surface area contributed by atoms with E-state index in [1.807, 2.05) is 11.3 Å². The van der Waals surface area contributed by atoms with Crippen LogP contribution in [0.15, 0.2) is 15.9 Å². The van der Waals surface area contributed by atoms with Crippen molar-refractivity contribution in [3.05, 3.63) is 20.8 Å². The maximum Gasteiger partial charge on any atom is 0.0314 e. The SMILES string of the molecule is Brc1ccsc1CC1CCC1CNC1CC1. The van der Waals surface area contributed by atoms with E-state index in [-0.39, 0.29) is 0 Å². The Bertz CT molecular complexity index is 359. The summed E-state index contributed by atoms with van der Waals surface area (Å²) >= 11 is 5.53. The molecule has 0 aliphatic heterocycles. The van der Waals surface area contributed by atoms with Crippen molar-refractivity contribution in [2.45, 2.75) is 38.1 Å². The molecule has 2 aliphatic rings. The van der Waals surface area contributed by atoms with Crippen LogP contribution < -0.4 is 5.32 Å².